The molecule has 1 aliphatic heterocycles. The van der Waals surface area contributed by atoms with Gasteiger partial charge in [0, 0.05) is 0 Å². The minimum atomic E-state index is -0.715. The summed E-state index contributed by atoms with van der Waals surface area (Å²) in [5, 5.41) is 9.48. The number of amides is 1. The van der Waals surface area contributed by atoms with Gasteiger partial charge in [-0.25, -0.2) is 0 Å². The molecule has 1 amide bonds. The molecule has 0 bridgehead atoms. The number of nitrogens with zero attached hydrogens (tertiary/aromatic N) is 1. The van der Waals surface area contributed by atoms with E-state index in [1.54, 1.807) is 11.8 Å². The smallest absolute Gasteiger partial charge is 0.240 e. The van der Waals surface area contributed by atoms with Crippen LogP contribution in [0.1, 0.15) is 27.7 Å². The average Bonchev–Trinajstić information content (AvgIpc) is 1.95. The Balaban J connectivity index is 2.53. The lowest BCUT2D eigenvalue weighted by Gasteiger charge is -2.46. The number of aliphatic hydroxyl groups is 1. The maximum atomic E-state index is 11.7. The molecule has 14 heavy (non-hydrogen) atoms. The molecular weight excluding hydrogens is 180 g/mol. The maximum Gasteiger partial charge on any atom is 0.240 e. The second-order valence-electron chi connectivity index (χ2n) is 5.53. The second kappa shape index (κ2) is 3.21. The lowest BCUT2D eigenvalue weighted by Crippen LogP contribution is -2.65. The molecule has 1 rings (SSSR count). The molecular formula is C10H20N2O2. The van der Waals surface area contributed by atoms with Gasteiger partial charge >= 0.3 is 0 Å². The van der Waals surface area contributed by atoms with Gasteiger partial charge in [0.2, 0.25) is 5.91 Å². The van der Waals surface area contributed by atoms with Gasteiger partial charge in [-0.2, -0.15) is 0 Å². The highest BCUT2D eigenvalue weighted by molar-refractivity contribution is 5.83. The first-order valence-corrected chi connectivity index (χ1v) is 4.90. The highest BCUT2D eigenvalue weighted by atomic mass is 16.3. The molecule has 0 unspecified atom stereocenters. The van der Waals surface area contributed by atoms with Gasteiger partial charge in [-0.05, 0) is 12.3 Å². The molecule has 4 nitrogen and oxygen atoms in total. The third-order valence-electron chi connectivity index (χ3n) is 2.57. The summed E-state index contributed by atoms with van der Waals surface area (Å²) < 4.78 is 0. The number of carbonyl (C=O) groups is 1. The largest absolute Gasteiger partial charge is 0.386 e. The lowest BCUT2D eigenvalue weighted by atomic mass is 9.85. The molecule has 0 saturated carbocycles. The monoisotopic (exact) mass is 200 g/mol. The van der Waals surface area contributed by atoms with E-state index in [1.165, 1.54) is 0 Å². The Bertz CT molecular complexity index is 235. The number of hydrogen-bond acceptors (Lipinski definition) is 3. The van der Waals surface area contributed by atoms with Crippen molar-refractivity contribution in [3.63, 3.8) is 0 Å². The van der Waals surface area contributed by atoms with Crippen LogP contribution in [0, 0.1) is 5.41 Å². The Hall–Kier alpha value is -0.610. The Morgan fingerprint density at radius 3 is 2.21 bits per heavy atom. The van der Waals surface area contributed by atoms with E-state index in [1.807, 2.05) is 20.8 Å². The Morgan fingerprint density at radius 1 is 1.50 bits per heavy atom. The topological polar surface area (TPSA) is 66.6 Å². The normalized spacial score (nSPS) is 22.9. The first kappa shape index (κ1) is 11.5. The van der Waals surface area contributed by atoms with Gasteiger partial charge in [0.25, 0.3) is 0 Å². The van der Waals surface area contributed by atoms with Crippen LogP contribution in [0.2, 0.25) is 0 Å². The van der Waals surface area contributed by atoms with Crippen molar-refractivity contribution < 1.29 is 9.90 Å². The van der Waals surface area contributed by atoms with Crippen molar-refractivity contribution in [3.05, 3.63) is 0 Å². The fourth-order valence-electron chi connectivity index (χ4n) is 1.50. The number of rotatable bonds is 1. The van der Waals surface area contributed by atoms with E-state index in [9.17, 15) is 9.90 Å². The molecule has 0 aromatic carbocycles. The molecule has 0 radical (unpaired) electrons. The van der Waals surface area contributed by atoms with Crippen LogP contribution in [-0.2, 0) is 4.79 Å². The van der Waals surface area contributed by atoms with Crippen LogP contribution >= 0.6 is 0 Å². The van der Waals surface area contributed by atoms with Gasteiger partial charge in [0.15, 0.2) is 0 Å². The second-order valence-corrected chi connectivity index (χ2v) is 5.53. The van der Waals surface area contributed by atoms with Crippen LogP contribution in [0.15, 0.2) is 0 Å². The minimum absolute atomic E-state index is 0.0657. The van der Waals surface area contributed by atoms with Gasteiger partial charge in [-0.15, -0.1) is 0 Å². The molecule has 1 heterocycles. The van der Waals surface area contributed by atoms with Crippen molar-refractivity contribution >= 4 is 5.91 Å². The molecule has 4 heteroatoms. The fraction of sp³-hybridized carbons (Fsp3) is 0.900. The summed E-state index contributed by atoms with van der Waals surface area (Å²) in [7, 11) is 0. The van der Waals surface area contributed by atoms with Crippen molar-refractivity contribution in [2.24, 2.45) is 11.1 Å². The number of nitrogens with two attached hydrogens (primary N) is 1. The van der Waals surface area contributed by atoms with Crippen LogP contribution in [0.25, 0.3) is 0 Å². The molecule has 1 fully saturated rings. The van der Waals surface area contributed by atoms with Crippen LogP contribution < -0.4 is 5.73 Å². The summed E-state index contributed by atoms with van der Waals surface area (Å²) in [6, 6.07) is -0.487. The number of β-amino-alcohol motifs (C(OH)–C–C–N with tert-alkyl or cyclic N) is 1. The standard InChI is InChI=1S/C10H20N2O2/c1-9(2,3)7(11)8(13)12-5-10(4,14)6-12/h7,14H,5-6,11H2,1-4H3/t7-/m1/s1. The fourth-order valence-corrected chi connectivity index (χ4v) is 1.50. The predicted molar refractivity (Wildman–Crippen MR) is 54.6 cm³/mol. The minimum Gasteiger partial charge on any atom is -0.386 e. The number of carbonyl (C=O) groups excluding carboxylic acids is 1. The van der Waals surface area contributed by atoms with E-state index < -0.39 is 11.6 Å². The summed E-state index contributed by atoms with van der Waals surface area (Å²) in [6.45, 7) is 8.33. The zero-order valence-corrected chi connectivity index (χ0v) is 9.37. The molecule has 0 spiro atoms. The van der Waals surface area contributed by atoms with Gasteiger partial charge in [-0.3, -0.25) is 4.79 Å². The van der Waals surface area contributed by atoms with E-state index >= 15 is 0 Å². The molecule has 1 atom stereocenters. The maximum absolute atomic E-state index is 11.7. The van der Waals surface area contributed by atoms with E-state index in [0.717, 1.165) is 0 Å². The molecule has 0 aliphatic carbocycles. The molecule has 1 saturated heterocycles. The van der Waals surface area contributed by atoms with Crippen molar-refractivity contribution in [2.75, 3.05) is 13.1 Å². The highest BCUT2D eigenvalue weighted by Gasteiger charge is 2.42. The molecule has 0 aromatic heterocycles. The van der Waals surface area contributed by atoms with Crippen LogP contribution in [0.5, 0.6) is 0 Å². The first-order valence-electron chi connectivity index (χ1n) is 4.90. The van der Waals surface area contributed by atoms with Gasteiger partial charge in [0.1, 0.15) is 0 Å². The van der Waals surface area contributed by atoms with Gasteiger partial charge < -0.3 is 15.7 Å². The van der Waals surface area contributed by atoms with Gasteiger partial charge in [-0.1, -0.05) is 20.8 Å². The third-order valence-corrected chi connectivity index (χ3v) is 2.57. The van der Waals surface area contributed by atoms with Crippen molar-refractivity contribution in [1.29, 1.82) is 0 Å². The predicted octanol–water partition coefficient (Wildman–Crippen LogP) is -0.0470. The Morgan fingerprint density at radius 2 is 1.93 bits per heavy atom. The van der Waals surface area contributed by atoms with Crippen LogP contribution in [0.4, 0.5) is 0 Å². The van der Waals surface area contributed by atoms with Gasteiger partial charge in [0.05, 0.1) is 24.7 Å². The summed E-state index contributed by atoms with van der Waals surface area (Å²) in [5.74, 6) is -0.0657. The first-order chi connectivity index (χ1) is 6.13. The quantitative estimate of drug-likeness (QED) is 0.624. The zero-order chi connectivity index (χ0) is 11.1. The Labute approximate surface area is 85.1 Å². The Kier molecular flexibility index (Phi) is 2.63. The highest BCUT2D eigenvalue weighted by Crippen LogP contribution is 2.25. The van der Waals surface area contributed by atoms with E-state index in [2.05, 4.69) is 0 Å². The van der Waals surface area contributed by atoms with Crippen molar-refractivity contribution in [1.82, 2.24) is 4.90 Å². The molecule has 82 valence electrons. The summed E-state index contributed by atoms with van der Waals surface area (Å²) in [5.41, 5.74) is 4.88. The SMILES string of the molecule is CC1(O)CN(C(=O)[C@@H](N)C(C)(C)C)C1. The summed E-state index contributed by atoms with van der Waals surface area (Å²) in [4.78, 5) is 13.4. The van der Waals surface area contributed by atoms with Crippen LogP contribution in [-0.4, -0.2) is 40.6 Å². The molecule has 1 aliphatic rings. The molecule has 0 aromatic rings. The van der Waals surface area contributed by atoms with E-state index in [-0.39, 0.29) is 11.3 Å². The zero-order valence-electron chi connectivity index (χ0n) is 9.37. The number of likely N-dealkylation sites (tertiary alicyclic amines) is 1. The number of hydrogen-bond donors (Lipinski definition) is 2. The van der Waals surface area contributed by atoms with Crippen LogP contribution in [0.3, 0.4) is 0 Å². The van der Waals surface area contributed by atoms with E-state index in [4.69, 9.17) is 5.73 Å². The van der Waals surface area contributed by atoms with Crippen molar-refractivity contribution in [2.45, 2.75) is 39.3 Å². The van der Waals surface area contributed by atoms with Crippen molar-refractivity contribution in [3.8, 4) is 0 Å². The summed E-state index contributed by atoms with van der Waals surface area (Å²) in [6.07, 6.45) is 0. The summed E-state index contributed by atoms with van der Waals surface area (Å²) >= 11 is 0. The van der Waals surface area contributed by atoms with E-state index in [0.29, 0.717) is 13.1 Å². The average molecular weight is 200 g/mol. The molecule has 3 N–H and O–H groups in total. The lowest BCUT2D eigenvalue weighted by molar-refractivity contribution is -0.155. The third kappa shape index (κ3) is 2.25.